The molecule has 0 saturated carbocycles. The molecule has 3 rings (SSSR count). The van der Waals surface area contributed by atoms with Crippen LogP contribution in [0.2, 0.25) is 0 Å². The largest absolute Gasteiger partial charge is 0.379 e. The van der Waals surface area contributed by atoms with Gasteiger partial charge in [-0.1, -0.05) is 0 Å². The summed E-state index contributed by atoms with van der Waals surface area (Å²) < 4.78 is 8.28. The molecule has 0 bridgehead atoms. The first-order valence-corrected chi connectivity index (χ1v) is 7.91. The van der Waals surface area contributed by atoms with Crippen molar-refractivity contribution in [3.63, 3.8) is 0 Å². The minimum absolute atomic E-state index is 0.0780. The zero-order valence-corrected chi connectivity index (χ0v) is 14.0. The molecule has 9 heteroatoms. The monoisotopic (exact) mass is 335 g/mol. The molecule has 3 heterocycles. The summed E-state index contributed by atoms with van der Waals surface area (Å²) in [6.07, 6.45) is 0. The third-order valence-corrected chi connectivity index (χ3v) is 4.47. The van der Waals surface area contributed by atoms with Crippen molar-refractivity contribution < 1.29 is 9.53 Å². The number of hydrogen-bond donors (Lipinski definition) is 1. The van der Waals surface area contributed by atoms with E-state index in [1.165, 1.54) is 11.5 Å². The lowest BCUT2D eigenvalue weighted by atomic mass is 10.2. The van der Waals surface area contributed by atoms with Gasteiger partial charge in [0.1, 0.15) is 5.82 Å². The van der Waals surface area contributed by atoms with Crippen LogP contribution in [-0.2, 0) is 23.1 Å². The predicted octanol–water partition coefficient (Wildman–Crippen LogP) is -0.594. The van der Waals surface area contributed by atoms with Crippen molar-refractivity contribution in [1.29, 1.82) is 0 Å². The Kier molecular flexibility index (Phi) is 4.37. The van der Waals surface area contributed by atoms with Gasteiger partial charge in [-0.05, 0) is 13.8 Å². The minimum atomic E-state index is -0.537. The zero-order valence-electron chi connectivity index (χ0n) is 14.0. The molecule has 0 unspecified atom stereocenters. The van der Waals surface area contributed by atoms with Crippen molar-refractivity contribution in [3.05, 3.63) is 26.7 Å². The van der Waals surface area contributed by atoms with Gasteiger partial charge in [0.2, 0.25) is 0 Å². The second-order valence-corrected chi connectivity index (χ2v) is 6.06. The van der Waals surface area contributed by atoms with Crippen LogP contribution in [0, 0.1) is 0 Å². The van der Waals surface area contributed by atoms with E-state index < -0.39 is 17.3 Å². The Hall–Kier alpha value is -2.26. The first kappa shape index (κ1) is 16.6. The summed E-state index contributed by atoms with van der Waals surface area (Å²) in [5.41, 5.74) is -0.504. The summed E-state index contributed by atoms with van der Waals surface area (Å²) in [5.74, 6) is 0.520. The molecular formula is C15H21N5O4. The highest BCUT2D eigenvalue weighted by atomic mass is 16.5. The van der Waals surface area contributed by atoms with Gasteiger partial charge in [-0.15, -0.1) is 0 Å². The number of morpholine rings is 1. The number of ketones is 1. The molecule has 0 aliphatic carbocycles. The van der Waals surface area contributed by atoms with E-state index in [0.29, 0.717) is 31.2 Å². The van der Waals surface area contributed by atoms with Crippen LogP contribution in [0.3, 0.4) is 0 Å². The number of H-pyrrole nitrogens is 1. The van der Waals surface area contributed by atoms with E-state index in [9.17, 15) is 14.4 Å². The molecule has 24 heavy (non-hydrogen) atoms. The lowest BCUT2D eigenvalue weighted by Crippen LogP contribution is -2.37. The van der Waals surface area contributed by atoms with E-state index in [2.05, 4.69) is 14.9 Å². The molecule has 2 aromatic rings. The van der Waals surface area contributed by atoms with Crippen LogP contribution in [0.4, 0.5) is 0 Å². The molecular weight excluding hydrogens is 314 g/mol. The number of fused-ring (bicyclic) bond motifs is 1. The molecule has 1 N–H and O–H groups in total. The van der Waals surface area contributed by atoms with Gasteiger partial charge >= 0.3 is 5.69 Å². The number of imidazole rings is 1. The molecule has 9 nitrogen and oxygen atoms in total. The van der Waals surface area contributed by atoms with Crippen LogP contribution in [0.25, 0.3) is 11.2 Å². The molecule has 0 aromatic carbocycles. The first-order valence-electron chi connectivity index (χ1n) is 7.91. The number of hydrogen-bond acceptors (Lipinski definition) is 6. The molecule has 0 radical (unpaired) electrons. The molecule has 1 aliphatic heterocycles. The highest BCUT2D eigenvalue weighted by molar-refractivity contribution is 5.82. The van der Waals surface area contributed by atoms with Gasteiger partial charge in [-0.2, -0.15) is 0 Å². The predicted molar refractivity (Wildman–Crippen MR) is 87.1 cm³/mol. The van der Waals surface area contributed by atoms with Crippen molar-refractivity contribution in [2.75, 3.05) is 26.3 Å². The quantitative estimate of drug-likeness (QED) is 0.801. The number of carbonyl (C=O) groups is 1. The molecule has 0 spiro atoms. The molecule has 1 fully saturated rings. The third kappa shape index (κ3) is 2.80. The summed E-state index contributed by atoms with van der Waals surface area (Å²) in [5, 5.41) is 0. The molecule has 0 amide bonds. The normalized spacial score (nSPS) is 17.3. The number of nitrogens with zero attached hydrogens (tertiary/aromatic N) is 4. The van der Waals surface area contributed by atoms with Crippen LogP contribution in [-0.4, -0.2) is 56.1 Å². The lowest BCUT2D eigenvalue weighted by molar-refractivity contribution is -0.119. The molecule has 1 aliphatic rings. The van der Waals surface area contributed by atoms with E-state index in [-0.39, 0.29) is 11.3 Å². The van der Waals surface area contributed by atoms with Crippen LogP contribution in [0.15, 0.2) is 9.59 Å². The second kappa shape index (κ2) is 6.33. The van der Waals surface area contributed by atoms with Crippen molar-refractivity contribution in [1.82, 2.24) is 24.0 Å². The summed E-state index contributed by atoms with van der Waals surface area (Å²) >= 11 is 0. The Morgan fingerprint density at radius 3 is 2.62 bits per heavy atom. The lowest BCUT2D eigenvalue weighted by Gasteiger charge is -2.27. The van der Waals surface area contributed by atoms with E-state index in [0.717, 1.165) is 13.1 Å². The Bertz CT molecular complexity index is 888. The van der Waals surface area contributed by atoms with Gasteiger partial charge in [0.15, 0.2) is 16.9 Å². The highest BCUT2D eigenvalue weighted by Crippen LogP contribution is 2.20. The Morgan fingerprint density at radius 2 is 2.00 bits per heavy atom. The van der Waals surface area contributed by atoms with Crippen LogP contribution >= 0.6 is 0 Å². The maximum absolute atomic E-state index is 12.3. The van der Waals surface area contributed by atoms with E-state index >= 15 is 0 Å². The molecule has 1 saturated heterocycles. The molecule has 130 valence electrons. The number of aromatic amines is 1. The zero-order chi connectivity index (χ0) is 17.4. The number of rotatable bonds is 4. The van der Waals surface area contributed by atoms with Gasteiger partial charge in [0, 0.05) is 20.1 Å². The fraction of sp³-hybridized carbons (Fsp3) is 0.600. The standard InChI is InChI=1S/C15H21N5O4/c1-9(10(2)21)20-11(8-19-4-6-24-7-5-19)16-13-12(20)14(22)17-15(23)18(13)3/h9H,4-8H2,1-3H3,(H,17,22,23)/t9-/m0/s1. The fourth-order valence-corrected chi connectivity index (χ4v) is 2.92. The van der Waals surface area contributed by atoms with Crippen LogP contribution < -0.4 is 11.2 Å². The Labute approximate surface area is 137 Å². The van der Waals surface area contributed by atoms with E-state index in [1.54, 1.807) is 18.5 Å². The highest BCUT2D eigenvalue weighted by Gasteiger charge is 2.24. The summed E-state index contributed by atoms with van der Waals surface area (Å²) in [6, 6.07) is -0.537. The van der Waals surface area contributed by atoms with Gasteiger partial charge < -0.3 is 9.30 Å². The molecule has 2 aromatic heterocycles. The van der Waals surface area contributed by atoms with E-state index in [1.807, 2.05) is 0 Å². The SMILES string of the molecule is CC(=O)[C@H](C)n1c(CN2CCOCC2)nc2c1c(=O)[nH]c(=O)n2C. The summed E-state index contributed by atoms with van der Waals surface area (Å²) in [6.45, 7) is 6.49. The third-order valence-electron chi connectivity index (χ3n) is 4.47. The maximum Gasteiger partial charge on any atom is 0.329 e. The van der Waals surface area contributed by atoms with Crippen LogP contribution in [0.5, 0.6) is 0 Å². The number of carbonyl (C=O) groups excluding carboxylic acids is 1. The van der Waals surface area contributed by atoms with Gasteiger partial charge in [0.05, 0.1) is 25.8 Å². The topological polar surface area (TPSA) is 102 Å². The van der Waals surface area contributed by atoms with Crippen molar-refractivity contribution in [2.24, 2.45) is 7.05 Å². The Balaban J connectivity index is 2.19. The van der Waals surface area contributed by atoms with Gasteiger partial charge in [-0.3, -0.25) is 24.0 Å². The fourth-order valence-electron chi connectivity index (χ4n) is 2.92. The average Bonchev–Trinajstić information content (AvgIpc) is 2.92. The maximum atomic E-state index is 12.3. The number of nitrogens with one attached hydrogen (secondary N) is 1. The number of Topliss-reactive ketones (excluding diaryl/α,β-unsaturated/α-hetero) is 1. The second-order valence-electron chi connectivity index (χ2n) is 6.06. The Morgan fingerprint density at radius 1 is 1.33 bits per heavy atom. The van der Waals surface area contributed by atoms with Crippen molar-refractivity contribution >= 4 is 16.9 Å². The molecule has 1 atom stereocenters. The van der Waals surface area contributed by atoms with Crippen molar-refractivity contribution in [3.8, 4) is 0 Å². The first-order chi connectivity index (χ1) is 11.4. The van der Waals surface area contributed by atoms with E-state index in [4.69, 9.17) is 4.74 Å². The number of aromatic nitrogens is 4. The smallest absolute Gasteiger partial charge is 0.329 e. The van der Waals surface area contributed by atoms with Crippen LogP contribution in [0.1, 0.15) is 25.7 Å². The minimum Gasteiger partial charge on any atom is -0.379 e. The average molecular weight is 335 g/mol. The number of aryl methyl sites for hydroxylation is 1. The summed E-state index contributed by atoms with van der Waals surface area (Å²) in [7, 11) is 1.55. The summed E-state index contributed by atoms with van der Waals surface area (Å²) in [4.78, 5) is 45.0. The van der Waals surface area contributed by atoms with Gasteiger partial charge in [-0.25, -0.2) is 9.78 Å². The van der Waals surface area contributed by atoms with Gasteiger partial charge in [0.25, 0.3) is 5.56 Å². The van der Waals surface area contributed by atoms with Crippen molar-refractivity contribution in [2.45, 2.75) is 26.4 Å². The number of ether oxygens (including phenoxy) is 1.